The van der Waals surface area contributed by atoms with Crippen molar-refractivity contribution in [1.82, 2.24) is 0 Å². The van der Waals surface area contributed by atoms with Gasteiger partial charge in [0.2, 0.25) is 0 Å². The van der Waals surface area contributed by atoms with Gasteiger partial charge in [0.05, 0.1) is 6.61 Å². The zero-order chi connectivity index (χ0) is 14.4. The summed E-state index contributed by atoms with van der Waals surface area (Å²) in [5.74, 6) is -0.226. The molecule has 4 nitrogen and oxygen atoms in total. The van der Waals surface area contributed by atoms with E-state index in [1.807, 2.05) is 30.3 Å². The van der Waals surface area contributed by atoms with Crippen LogP contribution in [-0.4, -0.2) is 18.1 Å². The molecule has 0 aliphatic carbocycles. The van der Waals surface area contributed by atoms with E-state index in [1.165, 1.54) is 7.11 Å². The number of nitrogens with one attached hydrogen (secondary N) is 1. The average molecular weight is 271 g/mol. The van der Waals surface area contributed by atoms with Gasteiger partial charge in [0.1, 0.15) is 0 Å². The molecule has 2 aromatic carbocycles. The Labute approximate surface area is 118 Å². The maximum absolute atomic E-state index is 12.2. The Morgan fingerprint density at radius 2 is 1.80 bits per heavy atom. The minimum Gasteiger partial charge on any atom is -0.392 e. The van der Waals surface area contributed by atoms with Crippen LogP contribution in [0.2, 0.25) is 0 Å². The minimum absolute atomic E-state index is 0.0149. The van der Waals surface area contributed by atoms with Gasteiger partial charge in [0.15, 0.2) is 6.10 Å². The standard InChI is InChI=1S/C16H17NO3/c1-20-15(13-5-3-2-4-6-13)16(19)17-14-9-7-12(11-18)8-10-14/h2-10,15,18H,11H2,1H3,(H,17,19). The molecule has 0 heterocycles. The summed E-state index contributed by atoms with van der Waals surface area (Å²) in [5.41, 5.74) is 2.28. The summed E-state index contributed by atoms with van der Waals surface area (Å²) < 4.78 is 5.26. The van der Waals surface area contributed by atoms with E-state index in [1.54, 1.807) is 24.3 Å². The van der Waals surface area contributed by atoms with E-state index >= 15 is 0 Å². The molecule has 4 heteroatoms. The van der Waals surface area contributed by atoms with E-state index in [9.17, 15) is 4.79 Å². The third kappa shape index (κ3) is 3.44. The lowest BCUT2D eigenvalue weighted by atomic mass is 10.1. The van der Waals surface area contributed by atoms with Gasteiger partial charge in [-0.1, -0.05) is 42.5 Å². The van der Waals surface area contributed by atoms with Crippen molar-refractivity contribution in [1.29, 1.82) is 0 Å². The Kier molecular flexibility index (Phi) is 4.87. The van der Waals surface area contributed by atoms with Gasteiger partial charge in [-0.3, -0.25) is 4.79 Å². The van der Waals surface area contributed by atoms with Crippen LogP contribution >= 0.6 is 0 Å². The smallest absolute Gasteiger partial charge is 0.258 e. The monoisotopic (exact) mass is 271 g/mol. The normalized spacial score (nSPS) is 11.9. The number of hydrogen-bond acceptors (Lipinski definition) is 3. The minimum atomic E-state index is -0.645. The van der Waals surface area contributed by atoms with Crippen molar-refractivity contribution >= 4 is 11.6 Å². The first-order valence-corrected chi connectivity index (χ1v) is 6.33. The van der Waals surface area contributed by atoms with E-state index in [-0.39, 0.29) is 12.5 Å². The van der Waals surface area contributed by atoms with E-state index < -0.39 is 6.10 Å². The van der Waals surface area contributed by atoms with Crippen LogP contribution in [0.4, 0.5) is 5.69 Å². The van der Waals surface area contributed by atoms with Gasteiger partial charge < -0.3 is 15.2 Å². The molecule has 0 aliphatic rings. The molecule has 0 aliphatic heterocycles. The van der Waals surface area contributed by atoms with E-state index in [4.69, 9.17) is 9.84 Å². The molecule has 1 atom stereocenters. The molecule has 1 unspecified atom stereocenters. The van der Waals surface area contributed by atoms with Crippen molar-refractivity contribution in [3.8, 4) is 0 Å². The van der Waals surface area contributed by atoms with Crippen LogP contribution in [0.1, 0.15) is 17.2 Å². The molecule has 2 N–H and O–H groups in total. The van der Waals surface area contributed by atoms with Crippen molar-refractivity contribution < 1.29 is 14.6 Å². The van der Waals surface area contributed by atoms with Crippen LogP contribution in [-0.2, 0) is 16.1 Å². The quantitative estimate of drug-likeness (QED) is 0.878. The Morgan fingerprint density at radius 3 is 2.35 bits per heavy atom. The SMILES string of the molecule is COC(C(=O)Nc1ccc(CO)cc1)c1ccccc1. The summed E-state index contributed by atoms with van der Waals surface area (Å²) in [6.45, 7) is -0.0149. The maximum atomic E-state index is 12.2. The number of amides is 1. The van der Waals surface area contributed by atoms with E-state index in [2.05, 4.69) is 5.32 Å². The van der Waals surface area contributed by atoms with Crippen molar-refractivity contribution in [3.05, 3.63) is 65.7 Å². The predicted molar refractivity (Wildman–Crippen MR) is 77.2 cm³/mol. The highest BCUT2D eigenvalue weighted by Crippen LogP contribution is 2.19. The van der Waals surface area contributed by atoms with Gasteiger partial charge in [-0.15, -0.1) is 0 Å². The highest BCUT2D eigenvalue weighted by atomic mass is 16.5. The third-order valence-electron chi connectivity index (χ3n) is 2.98. The fourth-order valence-electron chi connectivity index (χ4n) is 1.92. The first-order valence-electron chi connectivity index (χ1n) is 6.33. The topological polar surface area (TPSA) is 58.6 Å². The number of methoxy groups -OCH3 is 1. The van der Waals surface area contributed by atoms with Crippen LogP contribution in [0, 0.1) is 0 Å². The summed E-state index contributed by atoms with van der Waals surface area (Å²) in [4.78, 5) is 12.2. The second kappa shape index (κ2) is 6.84. The Balaban J connectivity index is 2.09. The Morgan fingerprint density at radius 1 is 1.15 bits per heavy atom. The van der Waals surface area contributed by atoms with Gasteiger partial charge in [-0.2, -0.15) is 0 Å². The number of aliphatic hydroxyl groups excluding tert-OH is 1. The number of aliphatic hydroxyl groups is 1. The molecule has 2 aromatic rings. The zero-order valence-corrected chi connectivity index (χ0v) is 11.2. The molecule has 20 heavy (non-hydrogen) atoms. The third-order valence-corrected chi connectivity index (χ3v) is 2.98. The molecular weight excluding hydrogens is 254 g/mol. The van der Waals surface area contributed by atoms with Crippen molar-refractivity contribution in [2.24, 2.45) is 0 Å². The predicted octanol–water partition coefficient (Wildman–Crippen LogP) is 2.51. The highest BCUT2D eigenvalue weighted by Gasteiger charge is 2.19. The largest absolute Gasteiger partial charge is 0.392 e. The summed E-state index contributed by atoms with van der Waals surface area (Å²) in [5, 5.41) is 11.8. The second-order valence-corrected chi connectivity index (χ2v) is 4.37. The molecule has 1 amide bonds. The van der Waals surface area contributed by atoms with Gasteiger partial charge >= 0.3 is 0 Å². The van der Waals surface area contributed by atoms with Crippen molar-refractivity contribution in [2.75, 3.05) is 12.4 Å². The first kappa shape index (κ1) is 14.2. The Hall–Kier alpha value is -2.17. The van der Waals surface area contributed by atoms with Gasteiger partial charge in [-0.05, 0) is 23.3 Å². The lowest BCUT2D eigenvalue weighted by Crippen LogP contribution is -2.22. The number of carbonyl (C=O) groups excluding carboxylic acids is 1. The molecule has 104 valence electrons. The van der Waals surface area contributed by atoms with Crippen LogP contribution in [0.25, 0.3) is 0 Å². The zero-order valence-electron chi connectivity index (χ0n) is 11.2. The maximum Gasteiger partial charge on any atom is 0.258 e. The second-order valence-electron chi connectivity index (χ2n) is 4.37. The molecule has 0 bridgehead atoms. The molecule has 2 rings (SSSR count). The summed E-state index contributed by atoms with van der Waals surface area (Å²) in [6.07, 6.45) is -0.645. The fourth-order valence-corrected chi connectivity index (χ4v) is 1.92. The molecular formula is C16H17NO3. The van der Waals surface area contributed by atoms with Gasteiger partial charge in [0, 0.05) is 12.8 Å². The molecule has 0 saturated heterocycles. The van der Waals surface area contributed by atoms with Gasteiger partial charge in [-0.25, -0.2) is 0 Å². The fraction of sp³-hybridized carbons (Fsp3) is 0.188. The summed E-state index contributed by atoms with van der Waals surface area (Å²) in [6, 6.07) is 16.4. The molecule has 0 saturated carbocycles. The average Bonchev–Trinajstić information content (AvgIpc) is 2.50. The summed E-state index contributed by atoms with van der Waals surface area (Å²) in [7, 11) is 1.51. The van der Waals surface area contributed by atoms with E-state index in [0.717, 1.165) is 11.1 Å². The van der Waals surface area contributed by atoms with Crippen molar-refractivity contribution in [3.63, 3.8) is 0 Å². The number of hydrogen-bond donors (Lipinski definition) is 2. The molecule has 0 aromatic heterocycles. The number of carbonyl (C=O) groups is 1. The van der Waals surface area contributed by atoms with Crippen LogP contribution in [0.15, 0.2) is 54.6 Å². The molecule has 0 spiro atoms. The molecule has 0 fully saturated rings. The van der Waals surface area contributed by atoms with Crippen LogP contribution in [0.5, 0.6) is 0 Å². The first-order chi connectivity index (χ1) is 9.74. The van der Waals surface area contributed by atoms with Crippen molar-refractivity contribution in [2.45, 2.75) is 12.7 Å². The molecule has 0 radical (unpaired) electrons. The van der Waals surface area contributed by atoms with Crippen LogP contribution in [0.3, 0.4) is 0 Å². The summed E-state index contributed by atoms with van der Waals surface area (Å²) >= 11 is 0. The lowest BCUT2D eigenvalue weighted by molar-refractivity contribution is -0.126. The Bertz CT molecular complexity index is 552. The van der Waals surface area contributed by atoms with Gasteiger partial charge in [0.25, 0.3) is 5.91 Å². The van der Waals surface area contributed by atoms with E-state index in [0.29, 0.717) is 5.69 Å². The number of anilines is 1. The highest BCUT2D eigenvalue weighted by molar-refractivity contribution is 5.94. The number of benzene rings is 2. The number of ether oxygens (including phenoxy) is 1. The number of rotatable bonds is 5. The van der Waals surface area contributed by atoms with Crippen LogP contribution < -0.4 is 5.32 Å². The lowest BCUT2D eigenvalue weighted by Gasteiger charge is -2.15.